The van der Waals surface area contributed by atoms with Gasteiger partial charge in [0.15, 0.2) is 0 Å². The summed E-state index contributed by atoms with van der Waals surface area (Å²) in [5.41, 5.74) is 11.3. The molecule has 3 rings (SSSR count). The van der Waals surface area contributed by atoms with E-state index in [0.29, 0.717) is 6.54 Å². The number of aryl methyl sites for hydroxylation is 1. The molecule has 3 N–H and O–H groups in total. The van der Waals surface area contributed by atoms with Gasteiger partial charge in [0.1, 0.15) is 5.69 Å². The molecule has 90 valence electrons. The molecule has 0 aliphatic carbocycles. The van der Waals surface area contributed by atoms with E-state index in [1.165, 1.54) is 5.56 Å². The number of rotatable bonds is 2. The zero-order chi connectivity index (χ0) is 12.5. The van der Waals surface area contributed by atoms with E-state index in [-0.39, 0.29) is 0 Å². The molecule has 0 radical (unpaired) electrons. The van der Waals surface area contributed by atoms with E-state index in [0.717, 1.165) is 27.7 Å². The molecular formula is C15H15N3. The van der Waals surface area contributed by atoms with Crippen LogP contribution in [0.3, 0.4) is 0 Å². The molecule has 0 atom stereocenters. The molecule has 1 heterocycles. The van der Waals surface area contributed by atoms with Gasteiger partial charge in [-0.15, -0.1) is 0 Å². The monoisotopic (exact) mass is 237 g/mol. The lowest BCUT2D eigenvalue weighted by Gasteiger charge is -2.05. The third-order valence-corrected chi connectivity index (χ3v) is 3.30. The predicted octanol–water partition coefficient (Wildman–Crippen LogP) is 3.00. The van der Waals surface area contributed by atoms with Gasteiger partial charge in [-0.25, -0.2) is 0 Å². The summed E-state index contributed by atoms with van der Waals surface area (Å²) in [5, 5.41) is 8.67. The standard InChI is InChI=1S/C15H15N3/c1-10-5-2-3-7-12(10)15-14-11(9-16)6-4-8-13(14)17-18-15/h2-8H,9,16H2,1H3,(H,17,18). The van der Waals surface area contributed by atoms with E-state index in [9.17, 15) is 0 Å². The maximum atomic E-state index is 5.82. The largest absolute Gasteiger partial charge is 0.326 e. The van der Waals surface area contributed by atoms with Gasteiger partial charge in [-0.3, -0.25) is 5.10 Å². The van der Waals surface area contributed by atoms with Crippen LogP contribution in [0.5, 0.6) is 0 Å². The van der Waals surface area contributed by atoms with Crippen LogP contribution in [-0.4, -0.2) is 10.2 Å². The summed E-state index contributed by atoms with van der Waals surface area (Å²) in [7, 11) is 0. The molecule has 0 aliphatic rings. The summed E-state index contributed by atoms with van der Waals surface area (Å²) in [6.07, 6.45) is 0. The van der Waals surface area contributed by atoms with Crippen LogP contribution in [0.1, 0.15) is 11.1 Å². The van der Waals surface area contributed by atoms with Gasteiger partial charge in [-0.1, -0.05) is 36.4 Å². The Morgan fingerprint density at radius 3 is 2.72 bits per heavy atom. The second-order valence-corrected chi connectivity index (χ2v) is 4.43. The van der Waals surface area contributed by atoms with Crippen molar-refractivity contribution in [1.29, 1.82) is 0 Å². The molecule has 0 fully saturated rings. The molecule has 3 heteroatoms. The quantitative estimate of drug-likeness (QED) is 0.720. The van der Waals surface area contributed by atoms with Crippen LogP contribution in [0.15, 0.2) is 42.5 Å². The van der Waals surface area contributed by atoms with E-state index >= 15 is 0 Å². The number of nitrogens with one attached hydrogen (secondary N) is 1. The Labute approximate surface area is 106 Å². The highest BCUT2D eigenvalue weighted by Gasteiger charge is 2.12. The number of hydrogen-bond donors (Lipinski definition) is 2. The van der Waals surface area contributed by atoms with Gasteiger partial charge in [0.05, 0.1) is 5.52 Å². The molecule has 0 amide bonds. The number of nitrogens with zero attached hydrogens (tertiary/aromatic N) is 1. The second-order valence-electron chi connectivity index (χ2n) is 4.43. The maximum absolute atomic E-state index is 5.82. The number of hydrogen-bond acceptors (Lipinski definition) is 2. The Hall–Kier alpha value is -2.13. The predicted molar refractivity (Wildman–Crippen MR) is 74.2 cm³/mol. The van der Waals surface area contributed by atoms with Crippen molar-refractivity contribution in [3.05, 3.63) is 53.6 Å². The summed E-state index contributed by atoms with van der Waals surface area (Å²) >= 11 is 0. The van der Waals surface area contributed by atoms with Crippen molar-refractivity contribution in [2.75, 3.05) is 0 Å². The van der Waals surface area contributed by atoms with Crippen LogP contribution in [0.4, 0.5) is 0 Å². The molecule has 1 aromatic heterocycles. The number of fused-ring (bicyclic) bond motifs is 1. The summed E-state index contributed by atoms with van der Waals surface area (Å²) in [6, 6.07) is 14.4. The van der Waals surface area contributed by atoms with Crippen molar-refractivity contribution in [2.45, 2.75) is 13.5 Å². The fraction of sp³-hybridized carbons (Fsp3) is 0.133. The second kappa shape index (κ2) is 4.27. The summed E-state index contributed by atoms with van der Waals surface area (Å²) in [4.78, 5) is 0. The van der Waals surface area contributed by atoms with Crippen molar-refractivity contribution < 1.29 is 0 Å². The third-order valence-electron chi connectivity index (χ3n) is 3.30. The van der Waals surface area contributed by atoms with Gasteiger partial charge < -0.3 is 5.73 Å². The highest BCUT2D eigenvalue weighted by molar-refractivity contribution is 5.96. The average Bonchev–Trinajstić information content (AvgIpc) is 2.83. The van der Waals surface area contributed by atoms with Gasteiger partial charge >= 0.3 is 0 Å². The number of aromatic amines is 1. The molecule has 3 aromatic rings. The van der Waals surface area contributed by atoms with Crippen molar-refractivity contribution in [1.82, 2.24) is 10.2 Å². The van der Waals surface area contributed by atoms with Crippen molar-refractivity contribution in [3.8, 4) is 11.3 Å². The fourth-order valence-corrected chi connectivity index (χ4v) is 2.35. The van der Waals surface area contributed by atoms with Gasteiger partial charge in [-0.05, 0) is 24.1 Å². The average molecular weight is 237 g/mol. The lowest BCUT2D eigenvalue weighted by Crippen LogP contribution is -1.97. The number of benzene rings is 2. The lowest BCUT2D eigenvalue weighted by atomic mass is 10.00. The highest BCUT2D eigenvalue weighted by Crippen LogP contribution is 2.30. The minimum atomic E-state index is 0.524. The van der Waals surface area contributed by atoms with E-state index in [1.54, 1.807) is 0 Å². The van der Waals surface area contributed by atoms with Crippen LogP contribution in [0, 0.1) is 6.92 Å². The molecule has 0 saturated heterocycles. The molecular weight excluding hydrogens is 222 g/mol. The number of aromatic nitrogens is 2. The molecule has 0 spiro atoms. The molecule has 18 heavy (non-hydrogen) atoms. The van der Waals surface area contributed by atoms with Crippen LogP contribution < -0.4 is 5.73 Å². The van der Waals surface area contributed by atoms with Crippen LogP contribution in [-0.2, 0) is 6.54 Å². The first-order valence-corrected chi connectivity index (χ1v) is 6.03. The zero-order valence-corrected chi connectivity index (χ0v) is 10.3. The van der Waals surface area contributed by atoms with Crippen molar-refractivity contribution >= 4 is 10.9 Å². The lowest BCUT2D eigenvalue weighted by molar-refractivity contribution is 1.09. The zero-order valence-electron chi connectivity index (χ0n) is 10.3. The minimum absolute atomic E-state index is 0.524. The molecule has 0 bridgehead atoms. The first-order chi connectivity index (χ1) is 8.81. The van der Waals surface area contributed by atoms with Crippen LogP contribution >= 0.6 is 0 Å². The number of H-pyrrole nitrogens is 1. The van der Waals surface area contributed by atoms with Gasteiger partial charge in [-0.2, -0.15) is 5.10 Å². The van der Waals surface area contributed by atoms with Crippen LogP contribution in [0.25, 0.3) is 22.2 Å². The Kier molecular flexibility index (Phi) is 2.61. The normalized spacial score (nSPS) is 11.0. The van der Waals surface area contributed by atoms with Gasteiger partial charge in [0.2, 0.25) is 0 Å². The Bertz CT molecular complexity index is 698. The first kappa shape index (κ1) is 11.0. The van der Waals surface area contributed by atoms with Gasteiger partial charge in [0.25, 0.3) is 0 Å². The SMILES string of the molecule is Cc1ccccc1-c1n[nH]c2cccc(CN)c12. The molecule has 0 unspecified atom stereocenters. The topological polar surface area (TPSA) is 54.7 Å². The minimum Gasteiger partial charge on any atom is -0.326 e. The molecule has 0 aliphatic heterocycles. The highest BCUT2D eigenvalue weighted by atomic mass is 15.1. The summed E-state index contributed by atoms with van der Waals surface area (Å²) in [5.74, 6) is 0. The Balaban J connectivity index is 2.34. The molecule has 0 saturated carbocycles. The Morgan fingerprint density at radius 1 is 1.11 bits per heavy atom. The maximum Gasteiger partial charge on any atom is 0.100 e. The summed E-state index contributed by atoms with van der Waals surface area (Å²) < 4.78 is 0. The van der Waals surface area contributed by atoms with Crippen LogP contribution in [0.2, 0.25) is 0 Å². The van der Waals surface area contributed by atoms with Gasteiger partial charge in [0, 0.05) is 17.5 Å². The van der Waals surface area contributed by atoms with E-state index in [1.807, 2.05) is 24.3 Å². The van der Waals surface area contributed by atoms with E-state index < -0.39 is 0 Å². The third kappa shape index (κ3) is 1.60. The van der Waals surface area contributed by atoms with Crippen molar-refractivity contribution in [2.24, 2.45) is 5.73 Å². The molecule has 3 nitrogen and oxygen atoms in total. The smallest absolute Gasteiger partial charge is 0.100 e. The van der Waals surface area contributed by atoms with Crippen molar-refractivity contribution in [3.63, 3.8) is 0 Å². The summed E-state index contributed by atoms with van der Waals surface area (Å²) in [6.45, 7) is 2.62. The number of nitrogens with two attached hydrogens (primary N) is 1. The molecule has 2 aromatic carbocycles. The van der Waals surface area contributed by atoms with E-state index in [2.05, 4.69) is 35.3 Å². The first-order valence-electron chi connectivity index (χ1n) is 6.03. The Morgan fingerprint density at radius 2 is 1.94 bits per heavy atom. The fourth-order valence-electron chi connectivity index (χ4n) is 2.35. The van der Waals surface area contributed by atoms with E-state index in [4.69, 9.17) is 5.73 Å².